The van der Waals surface area contributed by atoms with Gasteiger partial charge in [0.2, 0.25) is 0 Å². The first kappa shape index (κ1) is 10.1. The molecule has 65 valence electrons. The molecule has 0 atom stereocenters. The largest absolute Gasteiger partial charge is 0.307 e. The van der Waals surface area contributed by atoms with Crippen LogP contribution >= 0.6 is 22.2 Å². The summed E-state index contributed by atoms with van der Waals surface area (Å²) >= 11 is 11.8. The summed E-state index contributed by atoms with van der Waals surface area (Å²) in [6.45, 7) is 4.30. The lowest BCUT2D eigenvalue weighted by atomic mass is 10.0. The van der Waals surface area contributed by atoms with Crippen molar-refractivity contribution in [2.24, 2.45) is 0 Å². The maximum absolute atomic E-state index is 5.92. The average molecular weight is 218 g/mol. The molecule has 0 heterocycles. The number of hydrogen-bond acceptors (Lipinski definition) is 0. The zero-order chi connectivity index (χ0) is 9.14. The summed E-state index contributed by atoms with van der Waals surface area (Å²) in [6, 6.07) is 8.12. The second kappa shape index (κ2) is 4.31. The van der Waals surface area contributed by atoms with Gasteiger partial charge in [-0.05, 0) is 16.7 Å². The van der Waals surface area contributed by atoms with Gasteiger partial charge in [-0.3, -0.25) is 0 Å². The van der Waals surface area contributed by atoms with E-state index in [1.54, 1.807) is 0 Å². The highest BCUT2D eigenvalue weighted by atomic mass is 35.7. The fraction of sp³-hybridized carbons (Fsp3) is 0.333. The highest BCUT2D eigenvalue weighted by Crippen LogP contribution is 2.13. The first-order valence-electron chi connectivity index (χ1n) is 3.90. The van der Waals surface area contributed by atoms with Gasteiger partial charge in [0, 0.05) is 0 Å². The molecule has 1 aromatic carbocycles. The summed E-state index contributed by atoms with van der Waals surface area (Å²) in [5.41, 5.74) is 1.27. The van der Waals surface area contributed by atoms with Gasteiger partial charge in [0.25, 0.3) is 0 Å². The van der Waals surface area contributed by atoms with Crippen LogP contribution < -0.4 is 5.19 Å². The number of benzene rings is 1. The van der Waals surface area contributed by atoms with Gasteiger partial charge < -0.3 is 0 Å². The predicted molar refractivity (Wildman–Crippen MR) is 57.6 cm³/mol. The highest BCUT2D eigenvalue weighted by Gasteiger charge is 2.13. The lowest BCUT2D eigenvalue weighted by Crippen LogP contribution is -2.23. The molecule has 0 aliphatic rings. The molecule has 0 bridgehead atoms. The maximum Gasteiger partial charge on any atom is 0.307 e. The van der Waals surface area contributed by atoms with Crippen molar-refractivity contribution in [3.63, 3.8) is 0 Å². The van der Waals surface area contributed by atoms with Crippen LogP contribution in [-0.4, -0.2) is 7.42 Å². The smallest absolute Gasteiger partial charge is 0.140 e. The van der Waals surface area contributed by atoms with Gasteiger partial charge in [-0.2, -0.15) is 0 Å². The van der Waals surface area contributed by atoms with Crippen molar-refractivity contribution >= 4 is 34.8 Å². The Balaban J connectivity index is 3.09. The third-order valence-corrected chi connectivity index (χ3v) is 3.87. The highest BCUT2D eigenvalue weighted by molar-refractivity contribution is 7.39. The molecule has 1 radical (unpaired) electrons. The molecule has 0 fully saturated rings. The summed E-state index contributed by atoms with van der Waals surface area (Å²) in [5.74, 6) is 0.499. The zero-order valence-electron chi connectivity index (χ0n) is 7.14. The van der Waals surface area contributed by atoms with Crippen LogP contribution in [0.2, 0.25) is 0 Å². The van der Waals surface area contributed by atoms with E-state index in [1.807, 2.05) is 18.2 Å². The summed E-state index contributed by atoms with van der Waals surface area (Å²) in [5, 5.41) is 1.13. The Morgan fingerprint density at radius 2 is 1.75 bits per heavy atom. The molecular weight excluding hydrogens is 207 g/mol. The van der Waals surface area contributed by atoms with Gasteiger partial charge in [-0.15, -0.1) is 22.2 Å². The van der Waals surface area contributed by atoms with E-state index in [4.69, 9.17) is 22.2 Å². The van der Waals surface area contributed by atoms with E-state index < -0.39 is 7.42 Å². The van der Waals surface area contributed by atoms with Crippen molar-refractivity contribution in [3.8, 4) is 0 Å². The number of halogens is 2. The fourth-order valence-corrected chi connectivity index (χ4v) is 3.02. The van der Waals surface area contributed by atoms with E-state index in [-0.39, 0.29) is 0 Å². The number of hydrogen-bond donors (Lipinski definition) is 0. The molecular formula is C9H11Cl2Si. The maximum atomic E-state index is 5.92. The second-order valence-electron chi connectivity index (χ2n) is 3.00. The van der Waals surface area contributed by atoms with E-state index in [9.17, 15) is 0 Å². The summed E-state index contributed by atoms with van der Waals surface area (Å²) in [7, 11) is -1.34. The zero-order valence-corrected chi connectivity index (χ0v) is 9.65. The van der Waals surface area contributed by atoms with Crippen LogP contribution in [0.25, 0.3) is 0 Å². The second-order valence-corrected chi connectivity index (χ2v) is 6.91. The van der Waals surface area contributed by atoms with Crippen LogP contribution in [0.1, 0.15) is 25.3 Å². The van der Waals surface area contributed by atoms with Crippen molar-refractivity contribution in [1.82, 2.24) is 0 Å². The van der Waals surface area contributed by atoms with E-state index in [0.717, 1.165) is 5.19 Å². The molecule has 0 spiro atoms. The molecule has 1 rings (SSSR count). The van der Waals surface area contributed by atoms with Gasteiger partial charge in [0.15, 0.2) is 0 Å². The Morgan fingerprint density at radius 3 is 2.17 bits per heavy atom. The Labute approximate surface area is 84.5 Å². The SMILES string of the molecule is CC(C)c1ccccc1[Si](Cl)Cl. The van der Waals surface area contributed by atoms with Crippen molar-refractivity contribution in [3.05, 3.63) is 29.8 Å². The van der Waals surface area contributed by atoms with E-state index in [0.29, 0.717) is 5.92 Å². The quantitative estimate of drug-likeness (QED) is 0.528. The van der Waals surface area contributed by atoms with Crippen LogP contribution in [0.3, 0.4) is 0 Å². The Kier molecular flexibility index (Phi) is 3.63. The van der Waals surface area contributed by atoms with Crippen LogP contribution in [0.5, 0.6) is 0 Å². The van der Waals surface area contributed by atoms with Crippen molar-refractivity contribution in [2.45, 2.75) is 19.8 Å². The predicted octanol–water partition coefficient (Wildman–Crippen LogP) is 2.98. The Bertz CT molecular complexity index is 231. The fourth-order valence-electron chi connectivity index (χ4n) is 1.17. The molecule has 1 aromatic rings. The minimum absolute atomic E-state index is 0.499. The molecule has 0 aliphatic heterocycles. The molecule has 0 saturated carbocycles. The van der Waals surface area contributed by atoms with Gasteiger partial charge in [-0.25, -0.2) is 0 Å². The van der Waals surface area contributed by atoms with Crippen LogP contribution in [-0.2, 0) is 0 Å². The lowest BCUT2D eigenvalue weighted by molar-refractivity contribution is 0.873. The van der Waals surface area contributed by atoms with Gasteiger partial charge in [0.05, 0.1) is 0 Å². The standard InChI is InChI=1S/C9H11Cl2Si/c1-7(2)8-5-3-4-6-9(8)12(10)11/h3-7H,1-2H3. The molecule has 0 unspecified atom stereocenters. The summed E-state index contributed by atoms with van der Waals surface area (Å²) < 4.78 is 0. The molecule has 0 nitrogen and oxygen atoms in total. The third-order valence-electron chi connectivity index (χ3n) is 1.79. The Morgan fingerprint density at radius 1 is 1.17 bits per heavy atom. The lowest BCUT2D eigenvalue weighted by Gasteiger charge is -2.11. The van der Waals surface area contributed by atoms with Crippen molar-refractivity contribution in [1.29, 1.82) is 0 Å². The van der Waals surface area contributed by atoms with Crippen LogP contribution in [0.4, 0.5) is 0 Å². The minimum atomic E-state index is -1.34. The van der Waals surface area contributed by atoms with E-state index >= 15 is 0 Å². The van der Waals surface area contributed by atoms with Crippen molar-refractivity contribution in [2.75, 3.05) is 0 Å². The monoisotopic (exact) mass is 217 g/mol. The normalized spacial score (nSPS) is 11.2. The first-order chi connectivity index (χ1) is 5.63. The summed E-state index contributed by atoms with van der Waals surface area (Å²) in [6.07, 6.45) is 0. The molecule has 0 amide bonds. The third kappa shape index (κ3) is 2.25. The van der Waals surface area contributed by atoms with Gasteiger partial charge in [-0.1, -0.05) is 38.1 Å². The van der Waals surface area contributed by atoms with Crippen LogP contribution in [0.15, 0.2) is 24.3 Å². The topological polar surface area (TPSA) is 0 Å². The van der Waals surface area contributed by atoms with Crippen molar-refractivity contribution < 1.29 is 0 Å². The molecule has 12 heavy (non-hydrogen) atoms. The van der Waals surface area contributed by atoms with Gasteiger partial charge >= 0.3 is 7.42 Å². The van der Waals surface area contributed by atoms with E-state index in [1.165, 1.54) is 5.56 Å². The molecule has 3 heteroatoms. The Hall–Kier alpha value is 0.0169. The average Bonchev–Trinajstić information content (AvgIpc) is 2.04. The van der Waals surface area contributed by atoms with Crippen LogP contribution in [0, 0.1) is 0 Å². The first-order valence-corrected chi connectivity index (χ1v) is 7.42. The summed E-state index contributed by atoms with van der Waals surface area (Å²) in [4.78, 5) is 0. The minimum Gasteiger partial charge on any atom is -0.140 e. The molecule has 0 saturated heterocycles. The molecule has 0 N–H and O–H groups in total. The molecule has 0 aliphatic carbocycles. The molecule has 0 aromatic heterocycles. The van der Waals surface area contributed by atoms with Gasteiger partial charge in [0.1, 0.15) is 0 Å². The number of rotatable bonds is 2. The van der Waals surface area contributed by atoms with E-state index in [2.05, 4.69) is 19.9 Å².